The van der Waals surface area contributed by atoms with Gasteiger partial charge in [0.25, 0.3) is 0 Å². The highest BCUT2D eigenvalue weighted by molar-refractivity contribution is 5.54. The highest BCUT2D eigenvalue weighted by Crippen LogP contribution is 2.28. The summed E-state index contributed by atoms with van der Waals surface area (Å²) in [5.74, 6) is 0. The van der Waals surface area contributed by atoms with E-state index in [1.54, 1.807) is 0 Å². The Labute approximate surface area is 123 Å². The molecule has 0 spiro atoms. The summed E-state index contributed by atoms with van der Waals surface area (Å²) in [6.07, 6.45) is 2.88. The van der Waals surface area contributed by atoms with Crippen molar-refractivity contribution in [1.29, 1.82) is 0 Å². The van der Waals surface area contributed by atoms with Crippen LogP contribution in [0.3, 0.4) is 0 Å². The maximum absolute atomic E-state index is 10.0. The summed E-state index contributed by atoms with van der Waals surface area (Å²) in [5.41, 5.74) is 3.53. The van der Waals surface area contributed by atoms with E-state index >= 15 is 0 Å². The van der Waals surface area contributed by atoms with Gasteiger partial charge in [-0.05, 0) is 56.8 Å². The molecule has 1 fully saturated rings. The minimum Gasteiger partial charge on any atom is -0.390 e. The monoisotopic (exact) mass is 276 g/mol. The zero-order valence-electron chi connectivity index (χ0n) is 13.1. The Morgan fingerprint density at radius 2 is 2.00 bits per heavy atom. The highest BCUT2D eigenvalue weighted by atomic mass is 16.3. The molecule has 0 atom stereocenters. The number of hydrogen-bond donors (Lipinski definition) is 2. The summed E-state index contributed by atoms with van der Waals surface area (Å²) in [4.78, 5) is 2.40. The Morgan fingerprint density at radius 3 is 2.60 bits per heavy atom. The lowest BCUT2D eigenvalue weighted by Gasteiger charge is -2.37. The molecule has 0 radical (unpaired) electrons. The van der Waals surface area contributed by atoms with Gasteiger partial charge in [-0.3, -0.25) is 0 Å². The Morgan fingerprint density at radius 1 is 1.30 bits per heavy atom. The number of hydrogen-bond acceptors (Lipinski definition) is 3. The predicted molar refractivity (Wildman–Crippen MR) is 85.2 cm³/mol. The Balaban J connectivity index is 1.99. The van der Waals surface area contributed by atoms with E-state index in [9.17, 15) is 5.11 Å². The molecule has 0 unspecified atom stereocenters. The molecule has 3 heteroatoms. The van der Waals surface area contributed by atoms with Gasteiger partial charge in [-0.25, -0.2) is 0 Å². The van der Waals surface area contributed by atoms with Crippen molar-refractivity contribution >= 4 is 5.69 Å². The van der Waals surface area contributed by atoms with E-state index in [2.05, 4.69) is 42.3 Å². The average Bonchev–Trinajstić information content (AvgIpc) is 2.40. The second kappa shape index (κ2) is 6.59. The van der Waals surface area contributed by atoms with Crippen LogP contribution in [0.25, 0.3) is 0 Å². The Kier molecular flexibility index (Phi) is 5.06. The van der Waals surface area contributed by atoms with Crippen LogP contribution in [0.2, 0.25) is 0 Å². The number of nitrogens with one attached hydrogen (secondary N) is 1. The number of piperidine rings is 1. The zero-order chi connectivity index (χ0) is 14.6. The van der Waals surface area contributed by atoms with Crippen LogP contribution >= 0.6 is 0 Å². The third kappa shape index (κ3) is 3.97. The van der Waals surface area contributed by atoms with Gasteiger partial charge in [0, 0.05) is 25.3 Å². The van der Waals surface area contributed by atoms with Crippen molar-refractivity contribution in [1.82, 2.24) is 5.32 Å². The maximum Gasteiger partial charge on any atom is 0.0653 e. The first kappa shape index (κ1) is 15.3. The number of aryl methyl sites for hydroxylation is 1. The van der Waals surface area contributed by atoms with Gasteiger partial charge in [-0.1, -0.05) is 19.1 Å². The van der Waals surface area contributed by atoms with E-state index in [1.165, 1.54) is 23.2 Å². The van der Waals surface area contributed by atoms with Gasteiger partial charge < -0.3 is 15.3 Å². The molecule has 1 heterocycles. The molecule has 0 bridgehead atoms. The smallest absolute Gasteiger partial charge is 0.0653 e. The van der Waals surface area contributed by atoms with Gasteiger partial charge in [0.1, 0.15) is 0 Å². The fourth-order valence-electron chi connectivity index (χ4n) is 2.82. The van der Waals surface area contributed by atoms with Crippen LogP contribution in [0.1, 0.15) is 44.2 Å². The van der Waals surface area contributed by atoms with Crippen molar-refractivity contribution in [3.8, 4) is 0 Å². The third-order valence-electron chi connectivity index (χ3n) is 4.20. The summed E-state index contributed by atoms with van der Waals surface area (Å²) < 4.78 is 0. The van der Waals surface area contributed by atoms with Crippen LogP contribution in [-0.2, 0) is 6.54 Å². The van der Waals surface area contributed by atoms with E-state index in [0.717, 1.165) is 39.0 Å². The molecule has 1 aromatic rings. The van der Waals surface area contributed by atoms with E-state index in [-0.39, 0.29) is 0 Å². The first-order valence-electron chi connectivity index (χ1n) is 7.79. The van der Waals surface area contributed by atoms with Crippen molar-refractivity contribution in [3.05, 3.63) is 29.3 Å². The van der Waals surface area contributed by atoms with E-state index < -0.39 is 5.60 Å². The Bertz CT molecular complexity index is 433. The van der Waals surface area contributed by atoms with Crippen LogP contribution < -0.4 is 10.2 Å². The van der Waals surface area contributed by atoms with Gasteiger partial charge in [-0.2, -0.15) is 0 Å². The Hall–Kier alpha value is -1.06. The molecular formula is C17H28N2O. The topological polar surface area (TPSA) is 35.5 Å². The molecule has 0 aliphatic carbocycles. The van der Waals surface area contributed by atoms with Gasteiger partial charge in [0.05, 0.1) is 5.60 Å². The lowest BCUT2D eigenvalue weighted by atomic mass is 9.93. The summed E-state index contributed by atoms with van der Waals surface area (Å²) in [5, 5.41) is 13.5. The number of nitrogens with zero attached hydrogens (tertiary/aromatic N) is 1. The molecule has 1 aromatic carbocycles. The van der Waals surface area contributed by atoms with Crippen LogP contribution in [0.5, 0.6) is 0 Å². The number of rotatable bonds is 5. The SMILES string of the molecule is CCCNCc1ccc(N2CCC(C)(O)CC2)c(C)c1. The second-order valence-corrected chi connectivity index (χ2v) is 6.28. The second-order valence-electron chi connectivity index (χ2n) is 6.28. The van der Waals surface area contributed by atoms with E-state index in [4.69, 9.17) is 0 Å². The van der Waals surface area contributed by atoms with Crippen LogP contribution in [0.4, 0.5) is 5.69 Å². The first-order chi connectivity index (χ1) is 9.52. The molecule has 0 saturated carbocycles. The summed E-state index contributed by atoms with van der Waals surface area (Å²) in [6, 6.07) is 6.74. The van der Waals surface area contributed by atoms with Gasteiger partial charge in [0.2, 0.25) is 0 Å². The molecule has 1 aliphatic rings. The van der Waals surface area contributed by atoms with Crippen LogP contribution in [0.15, 0.2) is 18.2 Å². The largest absolute Gasteiger partial charge is 0.390 e. The fraction of sp³-hybridized carbons (Fsp3) is 0.647. The van der Waals surface area contributed by atoms with Gasteiger partial charge in [0.15, 0.2) is 0 Å². The minimum absolute atomic E-state index is 0.478. The molecule has 2 rings (SSSR count). The predicted octanol–water partition coefficient (Wildman–Crippen LogP) is 2.85. The molecular weight excluding hydrogens is 248 g/mol. The van der Waals surface area contributed by atoms with Crippen molar-refractivity contribution in [2.75, 3.05) is 24.5 Å². The highest BCUT2D eigenvalue weighted by Gasteiger charge is 2.27. The standard InChI is InChI=1S/C17H28N2O/c1-4-9-18-13-15-5-6-16(14(2)12-15)19-10-7-17(3,20)8-11-19/h5-6,12,18,20H,4,7-11,13H2,1-3H3. The van der Waals surface area contributed by atoms with Crippen molar-refractivity contribution < 1.29 is 5.11 Å². The quantitative estimate of drug-likeness (QED) is 0.812. The van der Waals surface area contributed by atoms with Crippen LogP contribution in [0, 0.1) is 6.92 Å². The van der Waals surface area contributed by atoms with Crippen molar-refractivity contribution in [2.45, 2.75) is 52.2 Å². The maximum atomic E-state index is 10.0. The normalized spacial score (nSPS) is 18.3. The molecule has 0 amide bonds. The molecule has 0 aromatic heterocycles. The molecule has 2 N–H and O–H groups in total. The summed E-state index contributed by atoms with van der Waals surface area (Å²) in [7, 11) is 0. The zero-order valence-corrected chi connectivity index (χ0v) is 13.1. The first-order valence-corrected chi connectivity index (χ1v) is 7.79. The lowest BCUT2D eigenvalue weighted by molar-refractivity contribution is 0.0351. The summed E-state index contributed by atoms with van der Waals surface area (Å²) in [6.45, 7) is 10.2. The number of anilines is 1. The minimum atomic E-state index is -0.478. The van der Waals surface area contributed by atoms with Gasteiger partial charge in [-0.15, -0.1) is 0 Å². The number of aliphatic hydroxyl groups is 1. The third-order valence-corrected chi connectivity index (χ3v) is 4.20. The molecule has 20 heavy (non-hydrogen) atoms. The molecule has 112 valence electrons. The van der Waals surface area contributed by atoms with Gasteiger partial charge >= 0.3 is 0 Å². The van der Waals surface area contributed by atoms with Crippen molar-refractivity contribution in [2.24, 2.45) is 0 Å². The lowest BCUT2D eigenvalue weighted by Crippen LogP contribution is -2.42. The van der Waals surface area contributed by atoms with Crippen LogP contribution in [-0.4, -0.2) is 30.3 Å². The molecule has 1 saturated heterocycles. The number of benzene rings is 1. The average molecular weight is 276 g/mol. The molecule has 3 nitrogen and oxygen atoms in total. The van der Waals surface area contributed by atoms with E-state index in [0.29, 0.717) is 0 Å². The van der Waals surface area contributed by atoms with E-state index in [1.807, 2.05) is 6.92 Å². The summed E-state index contributed by atoms with van der Waals surface area (Å²) >= 11 is 0. The van der Waals surface area contributed by atoms with Crippen molar-refractivity contribution in [3.63, 3.8) is 0 Å². The fourth-order valence-corrected chi connectivity index (χ4v) is 2.82. The molecule has 1 aliphatic heterocycles.